The lowest BCUT2D eigenvalue weighted by atomic mass is 10.1. The van der Waals surface area contributed by atoms with E-state index in [0.29, 0.717) is 6.54 Å². The van der Waals surface area contributed by atoms with Crippen molar-refractivity contribution in [1.29, 1.82) is 0 Å². The smallest absolute Gasteiger partial charge is 0.233 e. The Hall–Kier alpha value is -0.510. The summed E-state index contributed by atoms with van der Waals surface area (Å²) < 4.78 is 0. The van der Waals surface area contributed by atoms with Crippen LogP contribution in [0.1, 0.15) is 33.1 Å². The van der Waals surface area contributed by atoms with Gasteiger partial charge in [0.25, 0.3) is 0 Å². The van der Waals surface area contributed by atoms with Crippen molar-refractivity contribution in [3.05, 3.63) is 0 Å². The van der Waals surface area contributed by atoms with E-state index in [0.717, 1.165) is 25.0 Å². The molecule has 1 aliphatic carbocycles. The third kappa shape index (κ3) is 1.67. The second-order valence-electron chi connectivity index (χ2n) is 5.39. The largest absolute Gasteiger partial charge is 0.282 e. The molecule has 1 heterocycles. The van der Waals surface area contributed by atoms with Gasteiger partial charge < -0.3 is 0 Å². The zero-order valence-corrected chi connectivity index (χ0v) is 10.8. The Kier molecular flexibility index (Phi) is 3.03. The highest BCUT2D eigenvalue weighted by molar-refractivity contribution is 7.80. The predicted octanol–water partition coefficient (Wildman–Crippen LogP) is 1.73. The van der Waals surface area contributed by atoms with Gasteiger partial charge in [0.1, 0.15) is 0 Å². The Balaban J connectivity index is 1.86. The maximum atomic E-state index is 11.9. The number of imide groups is 1. The van der Waals surface area contributed by atoms with Crippen LogP contribution in [0.5, 0.6) is 0 Å². The Morgan fingerprint density at radius 3 is 2.19 bits per heavy atom. The SMILES string of the molecule is CC1(C)C2C(=O)N(CCCCCS)C(=O)C21. The lowest BCUT2D eigenvalue weighted by Crippen LogP contribution is -2.36. The van der Waals surface area contributed by atoms with E-state index in [2.05, 4.69) is 12.6 Å². The Bertz CT molecular complexity index is 303. The van der Waals surface area contributed by atoms with Gasteiger partial charge in [-0.2, -0.15) is 12.6 Å². The van der Waals surface area contributed by atoms with Crippen LogP contribution in [0.3, 0.4) is 0 Å². The average molecular weight is 241 g/mol. The molecule has 90 valence electrons. The molecule has 0 N–H and O–H groups in total. The summed E-state index contributed by atoms with van der Waals surface area (Å²) in [5, 5.41) is 0. The van der Waals surface area contributed by atoms with Crippen LogP contribution < -0.4 is 0 Å². The van der Waals surface area contributed by atoms with Crippen molar-refractivity contribution in [2.75, 3.05) is 12.3 Å². The van der Waals surface area contributed by atoms with Crippen LogP contribution in [-0.4, -0.2) is 29.0 Å². The third-order valence-corrected chi connectivity index (χ3v) is 4.25. The molecule has 1 aliphatic heterocycles. The minimum Gasteiger partial charge on any atom is -0.282 e. The second kappa shape index (κ2) is 4.06. The Morgan fingerprint density at radius 1 is 1.12 bits per heavy atom. The molecule has 1 saturated carbocycles. The first-order valence-electron chi connectivity index (χ1n) is 5.98. The number of fused-ring (bicyclic) bond motifs is 1. The number of unbranched alkanes of at least 4 members (excludes halogenated alkanes) is 2. The maximum absolute atomic E-state index is 11.9. The number of rotatable bonds is 5. The van der Waals surface area contributed by atoms with Crippen molar-refractivity contribution in [2.45, 2.75) is 33.1 Å². The molecule has 2 fully saturated rings. The van der Waals surface area contributed by atoms with Gasteiger partial charge in [-0.25, -0.2) is 0 Å². The van der Waals surface area contributed by atoms with Gasteiger partial charge in [-0.3, -0.25) is 14.5 Å². The molecule has 2 atom stereocenters. The molecule has 0 aromatic carbocycles. The fourth-order valence-corrected chi connectivity index (χ4v) is 3.01. The van der Waals surface area contributed by atoms with Crippen molar-refractivity contribution >= 4 is 24.4 Å². The normalized spacial score (nSPS) is 30.8. The molecule has 16 heavy (non-hydrogen) atoms. The van der Waals surface area contributed by atoms with E-state index in [1.165, 1.54) is 4.90 Å². The number of likely N-dealkylation sites (tertiary alicyclic amines) is 1. The molecule has 0 radical (unpaired) electrons. The Labute approximate surface area is 102 Å². The van der Waals surface area contributed by atoms with E-state index in [-0.39, 0.29) is 29.1 Å². The molecular weight excluding hydrogens is 222 g/mol. The zero-order chi connectivity index (χ0) is 11.9. The molecule has 2 aliphatic rings. The van der Waals surface area contributed by atoms with Gasteiger partial charge in [0.05, 0.1) is 11.8 Å². The molecule has 1 saturated heterocycles. The number of carbonyl (C=O) groups excluding carboxylic acids is 2. The summed E-state index contributed by atoms with van der Waals surface area (Å²) in [7, 11) is 0. The molecule has 3 nitrogen and oxygen atoms in total. The van der Waals surface area contributed by atoms with E-state index in [4.69, 9.17) is 0 Å². The number of hydrogen-bond donors (Lipinski definition) is 1. The van der Waals surface area contributed by atoms with Gasteiger partial charge in [-0.1, -0.05) is 20.3 Å². The van der Waals surface area contributed by atoms with E-state index in [9.17, 15) is 9.59 Å². The van der Waals surface area contributed by atoms with Crippen molar-refractivity contribution in [3.8, 4) is 0 Å². The number of piperidine rings is 1. The number of carbonyl (C=O) groups is 2. The molecule has 2 amide bonds. The third-order valence-electron chi connectivity index (χ3n) is 3.93. The summed E-state index contributed by atoms with van der Waals surface area (Å²) in [6.45, 7) is 4.63. The highest BCUT2D eigenvalue weighted by Gasteiger charge is 2.72. The number of nitrogens with zero attached hydrogens (tertiary/aromatic N) is 1. The number of hydrogen-bond acceptors (Lipinski definition) is 3. The summed E-state index contributed by atoms with van der Waals surface area (Å²) >= 11 is 4.14. The maximum Gasteiger partial charge on any atom is 0.233 e. The summed E-state index contributed by atoms with van der Waals surface area (Å²) in [5.74, 6) is 0.951. The zero-order valence-electron chi connectivity index (χ0n) is 9.90. The van der Waals surface area contributed by atoms with Crippen molar-refractivity contribution < 1.29 is 9.59 Å². The summed E-state index contributed by atoms with van der Waals surface area (Å²) in [5.41, 5.74) is -0.0736. The highest BCUT2D eigenvalue weighted by atomic mass is 32.1. The molecule has 0 spiro atoms. The van der Waals surface area contributed by atoms with Crippen LogP contribution in [0.25, 0.3) is 0 Å². The van der Waals surface area contributed by atoms with E-state index in [1.807, 2.05) is 13.8 Å². The van der Waals surface area contributed by atoms with Crippen molar-refractivity contribution in [1.82, 2.24) is 4.90 Å². The molecule has 2 unspecified atom stereocenters. The van der Waals surface area contributed by atoms with E-state index in [1.54, 1.807) is 0 Å². The quantitative estimate of drug-likeness (QED) is 0.452. The van der Waals surface area contributed by atoms with Crippen LogP contribution in [0.15, 0.2) is 0 Å². The van der Waals surface area contributed by atoms with Crippen LogP contribution in [0.2, 0.25) is 0 Å². The van der Waals surface area contributed by atoms with Gasteiger partial charge in [0.15, 0.2) is 0 Å². The first-order valence-corrected chi connectivity index (χ1v) is 6.61. The molecular formula is C12H19NO2S. The van der Waals surface area contributed by atoms with Gasteiger partial charge in [0.2, 0.25) is 11.8 Å². The van der Waals surface area contributed by atoms with Gasteiger partial charge in [-0.15, -0.1) is 0 Å². The van der Waals surface area contributed by atoms with Crippen LogP contribution in [0.4, 0.5) is 0 Å². The fraction of sp³-hybridized carbons (Fsp3) is 0.833. The standard InChI is InChI=1S/C12H19NO2S/c1-12(2)8-9(12)11(15)13(10(8)14)6-4-3-5-7-16/h8-9,16H,3-7H2,1-2H3. The number of amides is 2. The molecule has 0 bridgehead atoms. The first-order chi connectivity index (χ1) is 7.51. The lowest BCUT2D eigenvalue weighted by molar-refractivity contribution is -0.143. The van der Waals surface area contributed by atoms with Gasteiger partial charge in [0, 0.05) is 6.54 Å². The average Bonchev–Trinajstić information content (AvgIpc) is 2.68. The van der Waals surface area contributed by atoms with E-state index < -0.39 is 0 Å². The summed E-state index contributed by atoms with van der Waals surface area (Å²) in [6.07, 6.45) is 3.01. The molecule has 2 rings (SSSR count). The Morgan fingerprint density at radius 2 is 1.69 bits per heavy atom. The summed E-state index contributed by atoms with van der Waals surface area (Å²) in [4.78, 5) is 25.3. The topological polar surface area (TPSA) is 37.4 Å². The monoisotopic (exact) mass is 241 g/mol. The predicted molar refractivity (Wildman–Crippen MR) is 65.2 cm³/mol. The first kappa shape index (κ1) is 12.0. The molecule has 0 aromatic rings. The fourth-order valence-electron chi connectivity index (χ4n) is 2.78. The van der Waals surface area contributed by atoms with Crippen molar-refractivity contribution in [2.24, 2.45) is 17.3 Å². The summed E-state index contributed by atoms with van der Waals surface area (Å²) in [6, 6.07) is 0. The van der Waals surface area contributed by atoms with Gasteiger partial charge in [-0.05, 0) is 24.0 Å². The van der Waals surface area contributed by atoms with Crippen LogP contribution in [0, 0.1) is 17.3 Å². The minimum absolute atomic E-state index is 0.0233. The molecule has 4 heteroatoms. The second-order valence-corrected chi connectivity index (χ2v) is 5.84. The van der Waals surface area contributed by atoms with Crippen LogP contribution in [-0.2, 0) is 9.59 Å². The van der Waals surface area contributed by atoms with Gasteiger partial charge >= 0.3 is 0 Å². The highest BCUT2D eigenvalue weighted by Crippen LogP contribution is 2.63. The van der Waals surface area contributed by atoms with Crippen LogP contribution >= 0.6 is 12.6 Å². The van der Waals surface area contributed by atoms with E-state index >= 15 is 0 Å². The van der Waals surface area contributed by atoms with Crippen molar-refractivity contribution in [3.63, 3.8) is 0 Å². The molecule has 0 aromatic heterocycles. The lowest BCUT2D eigenvalue weighted by Gasteiger charge is -2.20. The number of thiol groups is 1. The minimum atomic E-state index is -0.0736.